The van der Waals surface area contributed by atoms with E-state index in [4.69, 9.17) is 13.9 Å². The minimum Gasteiger partial charge on any atom is -0.497 e. The maximum absolute atomic E-state index is 11.8. The van der Waals surface area contributed by atoms with E-state index in [1.54, 1.807) is 56.9 Å². The second-order valence-corrected chi connectivity index (χ2v) is 4.24. The lowest BCUT2D eigenvalue weighted by Crippen LogP contribution is -2.19. The fourth-order valence-corrected chi connectivity index (χ4v) is 1.78. The minimum atomic E-state index is -0.212. The van der Waals surface area contributed by atoms with Gasteiger partial charge in [-0.3, -0.25) is 4.79 Å². The van der Waals surface area contributed by atoms with Crippen LogP contribution in [0.2, 0.25) is 0 Å². The second-order valence-electron chi connectivity index (χ2n) is 4.24. The SMILES string of the molecule is COc1ccc(OC)c(/C=C/C(=O)NCc2ccco2)c1. The zero-order valence-electron chi connectivity index (χ0n) is 12.0. The molecule has 1 heterocycles. The normalized spacial score (nSPS) is 10.6. The van der Waals surface area contributed by atoms with Gasteiger partial charge in [0.15, 0.2) is 0 Å². The van der Waals surface area contributed by atoms with Crippen LogP contribution in [-0.2, 0) is 11.3 Å². The zero-order valence-corrected chi connectivity index (χ0v) is 12.0. The summed E-state index contributed by atoms with van der Waals surface area (Å²) >= 11 is 0. The number of ether oxygens (including phenoxy) is 2. The molecule has 0 radical (unpaired) electrons. The predicted molar refractivity (Wildman–Crippen MR) is 79.1 cm³/mol. The fraction of sp³-hybridized carbons (Fsp3) is 0.188. The molecule has 0 bridgehead atoms. The van der Waals surface area contributed by atoms with Gasteiger partial charge in [0.1, 0.15) is 17.3 Å². The zero-order chi connectivity index (χ0) is 15.1. The molecule has 0 atom stereocenters. The van der Waals surface area contributed by atoms with Gasteiger partial charge in [-0.25, -0.2) is 0 Å². The number of rotatable bonds is 6. The molecule has 1 amide bonds. The molecule has 5 heteroatoms. The van der Waals surface area contributed by atoms with Crippen molar-refractivity contribution in [2.24, 2.45) is 0 Å². The molecule has 2 rings (SSSR count). The third kappa shape index (κ3) is 4.14. The second kappa shape index (κ2) is 7.19. The molecule has 1 aromatic carbocycles. The number of nitrogens with one attached hydrogen (secondary N) is 1. The van der Waals surface area contributed by atoms with Crippen molar-refractivity contribution < 1.29 is 18.7 Å². The van der Waals surface area contributed by atoms with Crippen molar-refractivity contribution in [2.75, 3.05) is 14.2 Å². The van der Waals surface area contributed by atoms with Crippen molar-refractivity contribution in [2.45, 2.75) is 6.54 Å². The monoisotopic (exact) mass is 287 g/mol. The topological polar surface area (TPSA) is 60.7 Å². The molecule has 2 aromatic rings. The van der Waals surface area contributed by atoms with Crippen molar-refractivity contribution >= 4 is 12.0 Å². The molecule has 21 heavy (non-hydrogen) atoms. The van der Waals surface area contributed by atoms with Gasteiger partial charge in [-0.05, 0) is 36.4 Å². The average Bonchev–Trinajstić information content (AvgIpc) is 3.04. The Morgan fingerprint density at radius 3 is 2.81 bits per heavy atom. The first-order valence-corrected chi connectivity index (χ1v) is 6.43. The van der Waals surface area contributed by atoms with E-state index in [1.807, 2.05) is 0 Å². The molecule has 0 aliphatic rings. The molecule has 0 aliphatic heterocycles. The van der Waals surface area contributed by atoms with E-state index >= 15 is 0 Å². The number of amides is 1. The van der Waals surface area contributed by atoms with E-state index in [9.17, 15) is 4.79 Å². The van der Waals surface area contributed by atoms with Crippen LogP contribution in [0.5, 0.6) is 11.5 Å². The molecular weight excluding hydrogens is 270 g/mol. The van der Waals surface area contributed by atoms with Gasteiger partial charge >= 0.3 is 0 Å². The molecule has 0 fully saturated rings. The highest BCUT2D eigenvalue weighted by atomic mass is 16.5. The Balaban J connectivity index is 2.00. The smallest absolute Gasteiger partial charge is 0.244 e. The van der Waals surface area contributed by atoms with Crippen molar-refractivity contribution in [1.29, 1.82) is 0 Å². The fourth-order valence-electron chi connectivity index (χ4n) is 1.78. The number of hydrogen-bond acceptors (Lipinski definition) is 4. The highest BCUT2D eigenvalue weighted by Gasteiger charge is 2.03. The first kappa shape index (κ1) is 14.7. The van der Waals surface area contributed by atoms with E-state index in [1.165, 1.54) is 6.08 Å². The number of benzene rings is 1. The Hall–Kier alpha value is -2.69. The van der Waals surface area contributed by atoms with E-state index < -0.39 is 0 Å². The summed E-state index contributed by atoms with van der Waals surface area (Å²) in [4.78, 5) is 11.8. The molecule has 1 N–H and O–H groups in total. The van der Waals surface area contributed by atoms with E-state index in [2.05, 4.69) is 5.32 Å². The highest BCUT2D eigenvalue weighted by Crippen LogP contribution is 2.24. The molecule has 110 valence electrons. The highest BCUT2D eigenvalue weighted by molar-refractivity contribution is 5.92. The van der Waals surface area contributed by atoms with Crippen molar-refractivity contribution in [3.63, 3.8) is 0 Å². The number of hydrogen-bond donors (Lipinski definition) is 1. The van der Waals surface area contributed by atoms with E-state index in [0.29, 0.717) is 23.8 Å². The van der Waals surface area contributed by atoms with Crippen LogP contribution in [0.1, 0.15) is 11.3 Å². The van der Waals surface area contributed by atoms with Crippen LogP contribution in [0.3, 0.4) is 0 Å². The van der Waals surface area contributed by atoms with Gasteiger partial charge in [-0.1, -0.05) is 0 Å². The van der Waals surface area contributed by atoms with Crippen LogP contribution in [0.25, 0.3) is 6.08 Å². The first-order valence-electron chi connectivity index (χ1n) is 6.43. The lowest BCUT2D eigenvalue weighted by Gasteiger charge is -2.07. The van der Waals surface area contributed by atoms with Gasteiger partial charge in [0.2, 0.25) is 5.91 Å². The van der Waals surface area contributed by atoms with Crippen LogP contribution < -0.4 is 14.8 Å². The number of carbonyl (C=O) groups excluding carboxylic acids is 1. The summed E-state index contributed by atoms with van der Waals surface area (Å²) in [5.74, 6) is 1.87. The van der Waals surface area contributed by atoms with Gasteiger partial charge in [0.25, 0.3) is 0 Å². The maximum Gasteiger partial charge on any atom is 0.244 e. The van der Waals surface area contributed by atoms with Crippen LogP contribution in [0.15, 0.2) is 47.1 Å². The van der Waals surface area contributed by atoms with Crippen LogP contribution in [0.4, 0.5) is 0 Å². The number of furan rings is 1. The molecular formula is C16H17NO4. The molecule has 0 aliphatic carbocycles. The summed E-state index contributed by atoms with van der Waals surface area (Å²) in [5, 5.41) is 2.73. The minimum absolute atomic E-state index is 0.212. The Labute approximate surface area is 123 Å². The summed E-state index contributed by atoms with van der Waals surface area (Å²) in [6, 6.07) is 8.97. The summed E-state index contributed by atoms with van der Waals surface area (Å²) in [6.45, 7) is 0.353. The van der Waals surface area contributed by atoms with Gasteiger partial charge in [-0.2, -0.15) is 0 Å². The third-order valence-corrected chi connectivity index (χ3v) is 2.87. The Morgan fingerprint density at radius 2 is 2.14 bits per heavy atom. The van der Waals surface area contributed by atoms with Crippen molar-refractivity contribution in [3.8, 4) is 11.5 Å². The Kier molecular flexibility index (Phi) is 5.04. The van der Waals surface area contributed by atoms with E-state index in [-0.39, 0.29) is 5.91 Å². The lowest BCUT2D eigenvalue weighted by molar-refractivity contribution is -0.116. The van der Waals surface area contributed by atoms with Crippen LogP contribution >= 0.6 is 0 Å². The summed E-state index contributed by atoms with van der Waals surface area (Å²) in [6.07, 6.45) is 4.69. The summed E-state index contributed by atoms with van der Waals surface area (Å²) in [5.41, 5.74) is 0.769. The molecule has 0 unspecified atom stereocenters. The quantitative estimate of drug-likeness (QED) is 0.830. The average molecular weight is 287 g/mol. The van der Waals surface area contributed by atoms with Gasteiger partial charge in [0.05, 0.1) is 27.0 Å². The van der Waals surface area contributed by atoms with Gasteiger partial charge in [0, 0.05) is 11.6 Å². The third-order valence-electron chi connectivity index (χ3n) is 2.87. The molecule has 0 spiro atoms. The lowest BCUT2D eigenvalue weighted by atomic mass is 10.1. The predicted octanol–water partition coefficient (Wildman–Crippen LogP) is 2.63. The summed E-state index contributed by atoms with van der Waals surface area (Å²) < 4.78 is 15.5. The Bertz CT molecular complexity index is 617. The van der Waals surface area contributed by atoms with Crippen LogP contribution in [0, 0.1) is 0 Å². The number of methoxy groups -OCH3 is 2. The molecule has 5 nitrogen and oxygen atoms in total. The molecule has 1 aromatic heterocycles. The first-order chi connectivity index (χ1) is 10.2. The van der Waals surface area contributed by atoms with E-state index in [0.717, 1.165) is 5.56 Å². The maximum atomic E-state index is 11.8. The van der Waals surface area contributed by atoms with Crippen molar-refractivity contribution in [3.05, 3.63) is 54.0 Å². The summed E-state index contributed by atoms with van der Waals surface area (Å²) in [7, 11) is 3.17. The Morgan fingerprint density at radius 1 is 1.29 bits per heavy atom. The number of carbonyl (C=O) groups is 1. The molecule has 0 saturated heterocycles. The van der Waals surface area contributed by atoms with Gasteiger partial charge < -0.3 is 19.2 Å². The standard InChI is InChI=1S/C16H17NO4/c1-19-13-6-7-15(20-2)12(10-13)5-8-16(18)17-11-14-4-3-9-21-14/h3-10H,11H2,1-2H3,(H,17,18)/b8-5+. The van der Waals surface area contributed by atoms with Gasteiger partial charge in [-0.15, -0.1) is 0 Å². The van der Waals surface area contributed by atoms with Crippen LogP contribution in [-0.4, -0.2) is 20.1 Å². The largest absolute Gasteiger partial charge is 0.497 e. The van der Waals surface area contributed by atoms with Crippen molar-refractivity contribution in [1.82, 2.24) is 5.32 Å². The molecule has 0 saturated carbocycles.